The van der Waals surface area contributed by atoms with E-state index >= 15 is 0 Å². The van der Waals surface area contributed by atoms with E-state index < -0.39 is 44.6 Å². The van der Waals surface area contributed by atoms with Crippen LogP contribution in [0.4, 0.5) is 0 Å². The summed E-state index contributed by atoms with van der Waals surface area (Å²) in [4.78, 5) is 45.0. The third kappa shape index (κ3) is 3.48. The molecule has 0 N–H and O–H groups in total. The minimum Gasteiger partial charge on any atom is -0.306 e. The summed E-state index contributed by atoms with van der Waals surface area (Å²) in [7, 11) is 0. The van der Waals surface area contributed by atoms with E-state index in [1.807, 2.05) is 0 Å². The van der Waals surface area contributed by atoms with E-state index in [0.29, 0.717) is 5.06 Å². The van der Waals surface area contributed by atoms with E-state index in [4.69, 9.17) is 0 Å². The average Bonchev–Trinajstić information content (AvgIpc) is 2.36. The zero-order valence-corrected chi connectivity index (χ0v) is 12.6. The van der Waals surface area contributed by atoms with Crippen molar-refractivity contribution in [2.45, 2.75) is 57.1 Å². The molecule has 1 aliphatic rings. The van der Waals surface area contributed by atoms with Gasteiger partial charge in [0.05, 0.1) is 11.1 Å². The molecule has 2 unspecified atom stereocenters. The van der Waals surface area contributed by atoms with Crippen LogP contribution in [0.2, 0.25) is 0 Å². The molecule has 1 saturated heterocycles. The van der Waals surface area contributed by atoms with Gasteiger partial charge in [-0.1, -0.05) is 0 Å². The van der Waals surface area contributed by atoms with Gasteiger partial charge in [0.25, 0.3) is 15.3 Å². The SMILES string of the molecule is CC1(C)C(O[N+](=O)[O-])C(O[N+](=O)[O-])C(O[N+](=O)[O-])C(C)(C)N1[O]. The van der Waals surface area contributed by atoms with Crippen LogP contribution in [0.3, 0.4) is 0 Å². The lowest BCUT2D eigenvalue weighted by Crippen LogP contribution is -2.75. The summed E-state index contributed by atoms with van der Waals surface area (Å²) in [6, 6.07) is 0. The van der Waals surface area contributed by atoms with Crippen LogP contribution in [-0.2, 0) is 19.7 Å². The fraction of sp³-hybridized carbons (Fsp3) is 1.00. The van der Waals surface area contributed by atoms with Gasteiger partial charge in [-0.2, -0.15) is 0 Å². The zero-order valence-electron chi connectivity index (χ0n) is 12.6. The van der Waals surface area contributed by atoms with Crippen LogP contribution in [0.15, 0.2) is 0 Å². The van der Waals surface area contributed by atoms with Crippen LogP contribution in [-0.4, -0.2) is 49.7 Å². The third-order valence-electron chi connectivity index (χ3n) is 3.64. The fourth-order valence-electron chi connectivity index (χ4n) is 2.71. The minimum atomic E-state index is -1.88. The Hall–Kier alpha value is -2.48. The highest BCUT2D eigenvalue weighted by molar-refractivity contribution is 5.08. The van der Waals surface area contributed by atoms with Gasteiger partial charge in [0, 0.05) is 0 Å². The molecule has 1 rings (SSSR count). The molecule has 14 nitrogen and oxygen atoms in total. The third-order valence-corrected chi connectivity index (χ3v) is 3.64. The summed E-state index contributed by atoms with van der Waals surface area (Å²) in [5, 5.41) is 40.9. The molecular formula is C9H15N4O10. The smallest absolute Gasteiger partial charge is 0.294 e. The lowest BCUT2D eigenvalue weighted by atomic mass is 9.76. The van der Waals surface area contributed by atoms with Crippen molar-refractivity contribution in [2.24, 2.45) is 0 Å². The number of piperidine rings is 1. The predicted molar refractivity (Wildman–Crippen MR) is 66.3 cm³/mol. The van der Waals surface area contributed by atoms with Gasteiger partial charge in [-0.05, 0) is 27.7 Å². The summed E-state index contributed by atoms with van der Waals surface area (Å²) in [5.41, 5.74) is -3.35. The molecule has 1 radical (unpaired) electrons. The molecule has 0 aliphatic carbocycles. The molecule has 0 saturated carbocycles. The van der Waals surface area contributed by atoms with Crippen molar-refractivity contribution in [2.75, 3.05) is 0 Å². The average molecular weight is 339 g/mol. The molecule has 14 heteroatoms. The van der Waals surface area contributed by atoms with Crippen molar-refractivity contribution in [1.82, 2.24) is 5.06 Å². The van der Waals surface area contributed by atoms with Crippen LogP contribution in [0.25, 0.3) is 0 Å². The number of hydrogen-bond acceptors (Lipinski definition) is 10. The topological polar surface area (TPSA) is 180 Å². The molecule has 23 heavy (non-hydrogen) atoms. The second-order valence-electron chi connectivity index (χ2n) is 5.89. The molecule has 0 aromatic rings. The van der Waals surface area contributed by atoms with E-state index in [-0.39, 0.29) is 0 Å². The number of hydrogen-bond donors (Lipinski definition) is 0. The maximum atomic E-state index is 12.5. The van der Waals surface area contributed by atoms with Crippen LogP contribution >= 0.6 is 0 Å². The quantitative estimate of drug-likeness (QED) is 0.469. The first-order valence-corrected chi connectivity index (χ1v) is 6.22. The largest absolute Gasteiger partial charge is 0.306 e. The first kappa shape index (κ1) is 18.6. The standard InChI is InChI=1S/C9H15N4O10/c1-8(2)6(22-12(17)18)5(21-11(15)16)7(23-13(19)20)9(3,4)10(8)14/h5-7H,1-4H3. The number of nitrogens with zero attached hydrogens (tertiary/aromatic N) is 4. The van der Waals surface area contributed by atoms with E-state index in [1.165, 1.54) is 27.7 Å². The maximum Gasteiger partial charge on any atom is 0.294 e. The van der Waals surface area contributed by atoms with E-state index in [0.717, 1.165) is 0 Å². The van der Waals surface area contributed by atoms with Crippen LogP contribution in [0.5, 0.6) is 0 Å². The Labute approximate surface area is 128 Å². The van der Waals surface area contributed by atoms with Gasteiger partial charge < -0.3 is 14.5 Å². The molecule has 0 bridgehead atoms. The molecule has 131 valence electrons. The summed E-state index contributed by atoms with van der Waals surface area (Å²) in [6.45, 7) is 4.92. The Morgan fingerprint density at radius 1 is 0.783 bits per heavy atom. The van der Waals surface area contributed by atoms with Crippen LogP contribution < -0.4 is 0 Å². The minimum absolute atomic E-state index is 0.308. The van der Waals surface area contributed by atoms with Gasteiger partial charge in [0.1, 0.15) is 0 Å². The predicted octanol–water partition coefficient (Wildman–Crippen LogP) is -0.0646. The molecule has 2 atom stereocenters. The molecule has 0 aromatic heterocycles. The van der Waals surface area contributed by atoms with Gasteiger partial charge in [0.15, 0.2) is 18.3 Å². The van der Waals surface area contributed by atoms with Gasteiger partial charge in [-0.3, -0.25) is 0 Å². The van der Waals surface area contributed by atoms with Crippen LogP contribution in [0, 0.1) is 30.3 Å². The Bertz CT molecular complexity index is 473. The second-order valence-corrected chi connectivity index (χ2v) is 5.89. The maximum absolute atomic E-state index is 12.5. The summed E-state index contributed by atoms with van der Waals surface area (Å²) in [5.74, 6) is 0. The van der Waals surface area contributed by atoms with Gasteiger partial charge in [0.2, 0.25) is 0 Å². The van der Waals surface area contributed by atoms with Gasteiger partial charge >= 0.3 is 0 Å². The Kier molecular flexibility index (Phi) is 4.81. The molecular weight excluding hydrogens is 324 g/mol. The second kappa shape index (κ2) is 5.96. The molecule has 0 aromatic carbocycles. The molecule has 1 heterocycles. The van der Waals surface area contributed by atoms with Crippen molar-refractivity contribution in [3.05, 3.63) is 30.3 Å². The molecule has 1 aliphatic heterocycles. The highest BCUT2D eigenvalue weighted by Crippen LogP contribution is 2.41. The van der Waals surface area contributed by atoms with E-state index in [2.05, 4.69) is 14.5 Å². The highest BCUT2D eigenvalue weighted by atomic mass is 17.0. The Morgan fingerprint density at radius 3 is 1.35 bits per heavy atom. The molecule has 1 fully saturated rings. The normalized spacial score (nSPS) is 29.3. The molecule has 0 spiro atoms. The van der Waals surface area contributed by atoms with Crippen molar-refractivity contribution < 1.29 is 35.0 Å². The summed E-state index contributed by atoms with van der Waals surface area (Å²) >= 11 is 0. The molecule has 0 amide bonds. The van der Waals surface area contributed by atoms with Gasteiger partial charge in [-0.15, -0.1) is 40.6 Å². The van der Waals surface area contributed by atoms with Crippen LogP contribution in [0.1, 0.15) is 27.7 Å². The Morgan fingerprint density at radius 2 is 1.09 bits per heavy atom. The number of hydroxylamine groups is 2. The monoisotopic (exact) mass is 339 g/mol. The lowest BCUT2D eigenvalue weighted by Gasteiger charge is -2.55. The summed E-state index contributed by atoms with van der Waals surface area (Å²) < 4.78 is 0. The first-order chi connectivity index (χ1) is 10.3. The highest BCUT2D eigenvalue weighted by Gasteiger charge is 2.63. The number of rotatable bonds is 6. The fourth-order valence-corrected chi connectivity index (χ4v) is 2.71. The van der Waals surface area contributed by atoms with Crippen molar-refractivity contribution in [3.8, 4) is 0 Å². The van der Waals surface area contributed by atoms with Crippen molar-refractivity contribution in [3.63, 3.8) is 0 Å². The van der Waals surface area contributed by atoms with Gasteiger partial charge in [-0.25, -0.2) is 0 Å². The Balaban J connectivity index is 3.41. The zero-order chi connectivity index (χ0) is 18.2. The van der Waals surface area contributed by atoms with E-state index in [9.17, 15) is 35.6 Å². The lowest BCUT2D eigenvalue weighted by molar-refractivity contribution is -0.825. The summed E-state index contributed by atoms with van der Waals surface area (Å²) in [6.07, 6.45) is -5.49. The van der Waals surface area contributed by atoms with Crippen molar-refractivity contribution >= 4 is 0 Å². The first-order valence-electron chi connectivity index (χ1n) is 6.22. The van der Waals surface area contributed by atoms with E-state index in [1.54, 1.807) is 0 Å². The van der Waals surface area contributed by atoms with Crippen molar-refractivity contribution in [1.29, 1.82) is 0 Å².